The van der Waals surface area contributed by atoms with Crippen LogP contribution in [0.5, 0.6) is 0 Å². The average molecular weight is 397 g/mol. The third kappa shape index (κ3) is 4.40. The van der Waals surface area contributed by atoms with Crippen LogP contribution in [-0.4, -0.2) is 28.8 Å². The van der Waals surface area contributed by atoms with Gasteiger partial charge in [-0.15, -0.1) is 12.4 Å². The number of rotatable bonds is 5. The fourth-order valence-electron chi connectivity index (χ4n) is 3.53. The van der Waals surface area contributed by atoms with E-state index in [0.29, 0.717) is 11.6 Å². The van der Waals surface area contributed by atoms with Crippen LogP contribution in [0.3, 0.4) is 0 Å². The summed E-state index contributed by atoms with van der Waals surface area (Å²) in [5, 5.41) is 11.5. The molecule has 1 fully saturated rings. The fourth-order valence-corrected chi connectivity index (χ4v) is 3.78. The third-order valence-electron chi connectivity index (χ3n) is 4.91. The molecule has 5 nitrogen and oxygen atoms in total. The van der Waals surface area contributed by atoms with Crippen LogP contribution in [0.25, 0.3) is 0 Å². The highest BCUT2D eigenvalue weighted by atomic mass is 35.5. The van der Waals surface area contributed by atoms with Gasteiger partial charge in [0.2, 0.25) is 5.91 Å². The first kappa shape index (κ1) is 20.7. The van der Waals surface area contributed by atoms with Crippen molar-refractivity contribution in [3.63, 3.8) is 0 Å². The minimum absolute atomic E-state index is 0. The van der Waals surface area contributed by atoms with Crippen molar-refractivity contribution >= 4 is 29.9 Å². The summed E-state index contributed by atoms with van der Waals surface area (Å²) in [6, 6.07) is 7.62. The van der Waals surface area contributed by atoms with Gasteiger partial charge in [-0.3, -0.25) is 9.48 Å². The van der Waals surface area contributed by atoms with Crippen LogP contribution in [0.2, 0.25) is 5.02 Å². The Morgan fingerprint density at radius 2 is 2.08 bits per heavy atom. The monoisotopic (exact) mass is 396 g/mol. The second-order valence-corrected chi connectivity index (χ2v) is 7.48. The van der Waals surface area contributed by atoms with Gasteiger partial charge in [-0.1, -0.05) is 43.6 Å². The molecule has 1 aromatic carbocycles. The maximum Gasteiger partial charge on any atom is 0.225 e. The molecule has 0 spiro atoms. The number of nitrogens with one attached hydrogen (secondary N) is 2. The zero-order valence-corrected chi connectivity index (χ0v) is 16.8. The number of hydrogen-bond donors (Lipinski definition) is 2. The van der Waals surface area contributed by atoms with E-state index in [9.17, 15) is 4.79 Å². The Labute approximate surface area is 165 Å². The van der Waals surface area contributed by atoms with Crippen molar-refractivity contribution in [1.29, 1.82) is 0 Å². The van der Waals surface area contributed by atoms with E-state index in [1.807, 2.05) is 43.7 Å². The number of halogens is 2. The molecule has 1 saturated heterocycles. The molecule has 2 heterocycles. The van der Waals surface area contributed by atoms with Gasteiger partial charge in [0, 0.05) is 37.3 Å². The molecular formula is C19H26Cl2N4O. The first-order valence-corrected chi connectivity index (χ1v) is 9.09. The summed E-state index contributed by atoms with van der Waals surface area (Å²) in [6.45, 7) is 5.67. The molecule has 1 aliphatic rings. The zero-order valence-electron chi connectivity index (χ0n) is 15.3. The van der Waals surface area contributed by atoms with Crippen LogP contribution < -0.4 is 10.6 Å². The second kappa shape index (κ2) is 8.89. The Hall–Kier alpha value is -1.56. The normalized spacial score (nSPS) is 20.7. The van der Waals surface area contributed by atoms with Crippen molar-refractivity contribution in [1.82, 2.24) is 20.4 Å². The number of carbonyl (C=O) groups is 1. The highest BCUT2D eigenvalue weighted by Crippen LogP contribution is 2.31. The molecular weight excluding hydrogens is 371 g/mol. The molecule has 0 aliphatic carbocycles. The predicted molar refractivity (Wildman–Crippen MR) is 107 cm³/mol. The van der Waals surface area contributed by atoms with E-state index in [2.05, 4.69) is 29.6 Å². The standard InChI is InChI=1S/C19H25ClN4O.ClH/c1-12(2)18(14-6-4-5-7-17(14)20)23-19(25)16-10-21-9-15(16)13-8-22-24(3)11-13;/h4-8,11-12,15-16,18,21H,9-10H2,1-3H3,(H,23,25);1H/t15-,16+,18?;/m1./s1. The molecule has 1 aliphatic heterocycles. The highest BCUT2D eigenvalue weighted by molar-refractivity contribution is 6.31. The van der Waals surface area contributed by atoms with Gasteiger partial charge in [-0.25, -0.2) is 0 Å². The molecule has 2 aromatic rings. The first-order chi connectivity index (χ1) is 12.0. The summed E-state index contributed by atoms with van der Waals surface area (Å²) in [7, 11) is 1.90. The van der Waals surface area contributed by atoms with E-state index in [4.69, 9.17) is 11.6 Å². The van der Waals surface area contributed by atoms with Gasteiger partial charge in [0.15, 0.2) is 0 Å². The summed E-state index contributed by atoms with van der Waals surface area (Å²) in [6.07, 6.45) is 3.85. The van der Waals surface area contributed by atoms with Gasteiger partial charge in [-0.05, 0) is 23.1 Å². The van der Waals surface area contributed by atoms with E-state index in [1.165, 1.54) is 0 Å². The van der Waals surface area contributed by atoms with Crippen LogP contribution in [0.4, 0.5) is 0 Å². The molecule has 3 atom stereocenters. The quantitative estimate of drug-likeness (QED) is 0.814. The molecule has 3 rings (SSSR count). The number of amides is 1. The molecule has 1 aromatic heterocycles. The van der Waals surface area contributed by atoms with E-state index >= 15 is 0 Å². The zero-order chi connectivity index (χ0) is 18.0. The number of nitrogens with zero attached hydrogens (tertiary/aromatic N) is 2. The number of carbonyl (C=O) groups excluding carboxylic acids is 1. The lowest BCUT2D eigenvalue weighted by Crippen LogP contribution is -2.38. The number of benzene rings is 1. The van der Waals surface area contributed by atoms with Gasteiger partial charge in [-0.2, -0.15) is 5.10 Å². The van der Waals surface area contributed by atoms with Gasteiger partial charge in [0.25, 0.3) is 0 Å². The Bertz CT molecular complexity index is 747. The smallest absolute Gasteiger partial charge is 0.225 e. The van der Waals surface area contributed by atoms with Crippen LogP contribution in [0, 0.1) is 11.8 Å². The largest absolute Gasteiger partial charge is 0.349 e. The minimum Gasteiger partial charge on any atom is -0.349 e. The molecule has 7 heteroatoms. The molecule has 26 heavy (non-hydrogen) atoms. The van der Waals surface area contributed by atoms with Crippen molar-refractivity contribution < 1.29 is 4.79 Å². The Morgan fingerprint density at radius 1 is 1.35 bits per heavy atom. The molecule has 1 unspecified atom stereocenters. The molecule has 1 amide bonds. The maximum absolute atomic E-state index is 13.0. The fraction of sp³-hybridized carbons (Fsp3) is 0.474. The lowest BCUT2D eigenvalue weighted by atomic mass is 9.89. The SMILES string of the molecule is CC(C)C(NC(=O)[C@H]1CNC[C@@H]1c1cnn(C)c1)c1ccccc1Cl.Cl. The first-order valence-electron chi connectivity index (χ1n) is 8.71. The van der Waals surface area contributed by atoms with Crippen LogP contribution in [0.1, 0.15) is 36.9 Å². The molecule has 2 N–H and O–H groups in total. The minimum atomic E-state index is -0.104. The van der Waals surface area contributed by atoms with Crippen molar-refractivity contribution in [2.75, 3.05) is 13.1 Å². The van der Waals surface area contributed by atoms with Gasteiger partial charge < -0.3 is 10.6 Å². The summed E-state index contributed by atoms with van der Waals surface area (Å²) in [5.74, 6) is 0.355. The highest BCUT2D eigenvalue weighted by Gasteiger charge is 2.36. The van der Waals surface area contributed by atoms with E-state index in [0.717, 1.165) is 17.7 Å². The lowest BCUT2D eigenvalue weighted by Gasteiger charge is -2.26. The molecule has 0 saturated carbocycles. The lowest BCUT2D eigenvalue weighted by molar-refractivity contribution is -0.125. The Balaban J connectivity index is 0.00000243. The van der Waals surface area contributed by atoms with E-state index < -0.39 is 0 Å². The Morgan fingerprint density at radius 3 is 2.69 bits per heavy atom. The number of aryl methyl sites for hydroxylation is 1. The topological polar surface area (TPSA) is 59.0 Å². The van der Waals surface area contributed by atoms with Crippen LogP contribution >= 0.6 is 24.0 Å². The summed E-state index contributed by atoms with van der Waals surface area (Å²) in [4.78, 5) is 13.0. The molecule has 0 bridgehead atoms. The molecule has 0 radical (unpaired) electrons. The number of aromatic nitrogens is 2. The predicted octanol–water partition coefficient (Wildman–Crippen LogP) is 3.31. The number of hydrogen-bond acceptors (Lipinski definition) is 3. The Kier molecular flexibility index (Phi) is 7.09. The third-order valence-corrected chi connectivity index (χ3v) is 5.25. The van der Waals surface area contributed by atoms with Gasteiger partial charge in [0.1, 0.15) is 0 Å². The molecule has 142 valence electrons. The van der Waals surface area contributed by atoms with Crippen LogP contribution in [-0.2, 0) is 11.8 Å². The summed E-state index contributed by atoms with van der Waals surface area (Å²) >= 11 is 6.36. The second-order valence-electron chi connectivity index (χ2n) is 7.07. The summed E-state index contributed by atoms with van der Waals surface area (Å²) < 4.78 is 1.78. The van der Waals surface area contributed by atoms with E-state index in [-0.39, 0.29) is 42.1 Å². The van der Waals surface area contributed by atoms with Gasteiger partial charge >= 0.3 is 0 Å². The van der Waals surface area contributed by atoms with Crippen molar-refractivity contribution in [2.24, 2.45) is 18.9 Å². The van der Waals surface area contributed by atoms with Crippen molar-refractivity contribution in [2.45, 2.75) is 25.8 Å². The maximum atomic E-state index is 13.0. The van der Waals surface area contributed by atoms with E-state index in [1.54, 1.807) is 4.68 Å². The van der Waals surface area contributed by atoms with Crippen molar-refractivity contribution in [3.8, 4) is 0 Å². The summed E-state index contributed by atoms with van der Waals surface area (Å²) in [5.41, 5.74) is 2.07. The van der Waals surface area contributed by atoms with Crippen molar-refractivity contribution in [3.05, 3.63) is 52.8 Å². The average Bonchev–Trinajstić information content (AvgIpc) is 3.21. The van der Waals surface area contributed by atoms with Crippen LogP contribution in [0.15, 0.2) is 36.7 Å². The van der Waals surface area contributed by atoms with Gasteiger partial charge in [0.05, 0.1) is 18.2 Å².